The maximum atomic E-state index is 12.4. The van der Waals surface area contributed by atoms with Crippen molar-refractivity contribution < 1.29 is 4.79 Å². The van der Waals surface area contributed by atoms with Gasteiger partial charge in [0, 0.05) is 61.4 Å². The smallest absolute Gasteiger partial charge is 0.317 e. The number of halogens is 1. The molecule has 146 valence electrons. The highest BCUT2D eigenvalue weighted by Crippen LogP contribution is 2.18. The van der Waals surface area contributed by atoms with Gasteiger partial charge in [0.25, 0.3) is 0 Å². The van der Waals surface area contributed by atoms with Gasteiger partial charge in [-0.25, -0.2) is 4.79 Å². The van der Waals surface area contributed by atoms with Crippen molar-refractivity contribution >= 4 is 28.5 Å². The van der Waals surface area contributed by atoms with Gasteiger partial charge in [-0.1, -0.05) is 41.9 Å². The molecule has 0 unspecified atom stereocenters. The summed E-state index contributed by atoms with van der Waals surface area (Å²) in [6, 6.07) is 16.0. The first-order valence-electron chi connectivity index (χ1n) is 9.73. The summed E-state index contributed by atoms with van der Waals surface area (Å²) >= 11 is 5.89. The zero-order valence-corrected chi connectivity index (χ0v) is 16.6. The number of hydrogen-bond acceptors (Lipinski definition) is 2. The van der Waals surface area contributed by atoms with Crippen LogP contribution in [0.2, 0.25) is 5.02 Å². The van der Waals surface area contributed by atoms with Gasteiger partial charge in [0.2, 0.25) is 0 Å². The van der Waals surface area contributed by atoms with E-state index < -0.39 is 0 Å². The molecule has 2 aromatic carbocycles. The first kappa shape index (κ1) is 18.8. The highest BCUT2D eigenvalue weighted by atomic mass is 35.5. The number of carbonyl (C=O) groups is 1. The van der Waals surface area contributed by atoms with E-state index in [0.717, 1.165) is 44.7 Å². The lowest BCUT2D eigenvalue weighted by Gasteiger charge is -2.34. The molecule has 4 rings (SSSR count). The predicted molar refractivity (Wildman–Crippen MR) is 114 cm³/mol. The summed E-state index contributed by atoms with van der Waals surface area (Å²) in [6.45, 7) is 4.90. The molecule has 1 aliphatic heterocycles. The molecule has 1 fully saturated rings. The number of urea groups is 1. The average molecular weight is 397 g/mol. The standard InChI is InChI=1S/C22H25ClN4O/c23-19-7-5-17(6-8-19)15-25-22(28)27-13-11-26(12-14-27)10-9-18-16-24-21-4-2-1-3-20(18)21/h1-8,16,24H,9-15H2,(H,25,28). The summed E-state index contributed by atoms with van der Waals surface area (Å²) in [6.07, 6.45) is 3.14. The van der Waals surface area contributed by atoms with Crippen LogP contribution in [0.15, 0.2) is 54.7 Å². The summed E-state index contributed by atoms with van der Waals surface area (Å²) in [5.74, 6) is 0. The van der Waals surface area contributed by atoms with Gasteiger partial charge in [-0.3, -0.25) is 4.90 Å². The number of H-pyrrole nitrogens is 1. The number of hydrogen-bond donors (Lipinski definition) is 2. The number of aromatic amines is 1. The third-order valence-corrected chi connectivity index (χ3v) is 5.64. The van der Waals surface area contributed by atoms with Crippen LogP contribution in [0.25, 0.3) is 10.9 Å². The molecule has 3 aromatic rings. The van der Waals surface area contributed by atoms with Crippen molar-refractivity contribution in [2.75, 3.05) is 32.7 Å². The molecule has 2 heterocycles. The Labute approximate surface area is 170 Å². The highest BCUT2D eigenvalue weighted by molar-refractivity contribution is 6.30. The minimum atomic E-state index is 0.00577. The molecule has 2 amide bonds. The van der Waals surface area contributed by atoms with E-state index >= 15 is 0 Å². The van der Waals surface area contributed by atoms with Gasteiger partial charge >= 0.3 is 6.03 Å². The zero-order chi connectivity index (χ0) is 19.3. The second-order valence-electron chi connectivity index (χ2n) is 7.22. The molecular weight excluding hydrogens is 372 g/mol. The van der Waals surface area contributed by atoms with E-state index in [1.54, 1.807) is 0 Å². The number of aromatic nitrogens is 1. The number of benzene rings is 2. The first-order chi connectivity index (χ1) is 13.7. The Morgan fingerprint density at radius 3 is 2.57 bits per heavy atom. The Bertz CT molecular complexity index is 929. The molecule has 1 aliphatic rings. The number of fused-ring (bicyclic) bond motifs is 1. The lowest BCUT2D eigenvalue weighted by molar-refractivity contribution is 0.140. The summed E-state index contributed by atoms with van der Waals surface area (Å²) in [5.41, 5.74) is 3.61. The maximum Gasteiger partial charge on any atom is 0.317 e. The van der Waals surface area contributed by atoms with Gasteiger partial charge in [-0.15, -0.1) is 0 Å². The van der Waals surface area contributed by atoms with Crippen LogP contribution in [0.1, 0.15) is 11.1 Å². The van der Waals surface area contributed by atoms with E-state index in [1.165, 1.54) is 16.5 Å². The van der Waals surface area contributed by atoms with Crippen molar-refractivity contribution in [1.29, 1.82) is 0 Å². The summed E-state index contributed by atoms with van der Waals surface area (Å²) < 4.78 is 0. The van der Waals surface area contributed by atoms with Crippen molar-refractivity contribution in [2.45, 2.75) is 13.0 Å². The normalized spacial score (nSPS) is 15.1. The fourth-order valence-electron chi connectivity index (χ4n) is 3.68. The number of amides is 2. The summed E-state index contributed by atoms with van der Waals surface area (Å²) in [7, 11) is 0. The Balaban J connectivity index is 1.22. The van der Waals surface area contributed by atoms with Gasteiger partial charge in [-0.05, 0) is 35.7 Å². The summed E-state index contributed by atoms with van der Waals surface area (Å²) in [5, 5.41) is 5.01. The third-order valence-electron chi connectivity index (χ3n) is 5.39. The molecule has 0 aliphatic carbocycles. The molecular formula is C22H25ClN4O. The van der Waals surface area contributed by atoms with Crippen molar-refractivity contribution in [3.8, 4) is 0 Å². The van der Waals surface area contributed by atoms with Gasteiger partial charge in [-0.2, -0.15) is 0 Å². The Morgan fingerprint density at radius 2 is 1.79 bits per heavy atom. The molecule has 0 saturated carbocycles. The molecule has 0 radical (unpaired) electrons. The fraction of sp³-hybridized carbons (Fsp3) is 0.318. The molecule has 2 N–H and O–H groups in total. The molecule has 1 saturated heterocycles. The maximum absolute atomic E-state index is 12.4. The van der Waals surface area contributed by atoms with Crippen molar-refractivity contribution in [1.82, 2.24) is 20.1 Å². The van der Waals surface area contributed by atoms with E-state index in [0.29, 0.717) is 11.6 Å². The molecule has 28 heavy (non-hydrogen) atoms. The average Bonchev–Trinajstić information content (AvgIpc) is 3.15. The topological polar surface area (TPSA) is 51.4 Å². The first-order valence-corrected chi connectivity index (χ1v) is 10.1. The highest BCUT2D eigenvalue weighted by Gasteiger charge is 2.20. The number of nitrogens with zero attached hydrogens (tertiary/aromatic N) is 2. The molecule has 5 nitrogen and oxygen atoms in total. The number of rotatable bonds is 5. The molecule has 0 bridgehead atoms. The lowest BCUT2D eigenvalue weighted by Crippen LogP contribution is -2.51. The van der Waals surface area contributed by atoms with Crippen LogP contribution in [0.4, 0.5) is 4.79 Å². The van der Waals surface area contributed by atoms with E-state index in [1.807, 2.05) is 29.2 Å². The van der Waals surface area contributed by atoms with Crippen LogP contribution in [0, 0.1) is 0 Å². The molecule has 1 aromatic heterocycles. The Morgan fingerprint density at radius 1 is 1.04 bits per heavy atom. The largest absolute Gasteiger partial charge is 0.361 e. The molecule has 0 spiro atoms. The van der Waals surface area contributed by atoms with E-state index in [4.69, 9.17) is 11.6 Å². The van der Waals surface area contributed by atoms with E-state index in [2.05, 4.69) is 45.7 Å². The van der Waals surface area contributed by atoms with Crippen LogP contribution < -0.4 is 5.32 Å². The van der Waals surface area contributed by atoms with Crippen LogP contribution >= 0.6 is 11.6 Å². The van der Waals surface area contributed by atoms with Gasteiger partial charge in [0.05, 0.1) is 0 Å². The number of carbonyl (C=O) groups excluding carboxylic acids is 1. The summed E-state index contributed by atoms with van der Waals surface area (Å²) in [4.78, 5) is 20.1. The third kappa shape index (κ3) is 4.49. The Kier molecular flexibility index (Phi) is 5.84. The quantitative estimate of drug-likeness (QED) is 0.687. The lowest BCUT2D eigenvalue weighted by atomic mass is 10.1. The van der Waals surface area contributed by atoms with Crippen molar-refractivity contribution in [2.24, 2.45) is 0 Å². The zero-order valence-electron chi connectivity index (χ0n) is 15.8. The number of piperazine rings is 1. The number of para-hydroxylation sites is 1. The minimum Gasteiger partial charge on any atom is -0.361 e. The van der Waals surface area contributed by atoms with Crippen LogP contribution in [0.3, 0.4) is 0 Å². The van der Waals surface area contributed by atoms with Crippen LogP contribution in [-0.4, -0.2) is 53.5 Å². The molecule has 6 heteroatoms. The van der Waals surface area contributed by atoms with Gasteiger partial charge in [0.1, 0.15) is 0 Å². The second kappa shape index (κ2) is 8.67. The SMILES string of the molecule is O=C(NCc1ccc(Cl)cc1)N1CCN(CCc2c[nH]c3ccccc23)CC1. The van der Waals surface area contributed by atoms with Gasteiger partial charge in [0.15, 0.2) is 0 Å². The number of nitrogens with one attached hydrogen (secondary N) is 2. The van der Waals surface area contributed by atoms with Crippen LogP contribution in [-0.2, 0) is 13.0 Å². The van der Waals surface area contributed by atoms with Gasteiger partial charge < -0.3 is 15.2 Å². The molecule has 0 atom stereocenters. The Hall–Kier alpha value is -2.50. The van der Waals surface area contributed by atoms with E-state index in [-0.39, 0.29) is 6.03 Å². The van der Waals surface area contributed by atoms with Crippen molar-refractivity contribution in [3.05, 3.63) is 70.9 Å². The second-order valence-corrected chi connectivity index (χ2v) is 7.66. The minimum absolute atomic E-state index is 0.00577. The van der Waals surface area contributed by atoms with Crippen LogP contribution in [0.5, 0.6) is 0 Å². The fourth-order valence-corrected chi connectivity index (χ4v) is 3.81. The predicted octanol–water partition coefficient (Wildman–Crippen LogP) is 3.89. The van der Waals surface area contributed by atoms with Crippen molar-refractivity contribution in [3.63, 3.8) is 0 Å². The van der Waals surface area contributed by atoms with E-state index in [9.17, 15) is 4.79 Å². The monoisotopic (exact) mass is 396 g/mol.